The predicted octanol–water partition coefficient (Wildman–Crippen LogP) is 1.62. The van der Waals surface area contributed by atoms with Crippen molar-refractivity contribution in [2.45, 2.75) is 39.2 Å². The van der Waals surface area contributed by atoms with Crippen molar-refractivity contribution in [2.75, 3.05) is 64.2 Å². The maximum absolute atomic E-state index is 12.8. The molecule has 1 unspecified atom stereocenters. The fourth-order valence-corrected chi connectivity index (χ4v) is 4.08. The molecule has 3 heterocycles. The first-order chi connectivity index (χ1) is 12.8. The number of amides is 1. The predicted molar refractivity (Wildman–Crippen MR) is 109 cm³/mol. The standard InChI is InChI=1S/C20H34N6O/c1-15-7-6-10-25(13-15)11-9-18(27)26-12-8-16-17(14-26)21-20(24(4)5)22-19(16)23(2)3/h15H,6-14H2,1-5H3. The van der Waals surface area contributed by atoms with E-state index in [1.165, 1.54) is 18.4 Å². The summed E-state index contributed by atoms with van der Waals surface area (Å²) in [5.74, 6) is 2.67. The zero-order valence-corrected chi connectivity index (χ0v) is 17.5. The summed E-state index contributed by atoms with van der Waals surface area (Å²) in [5, 5.41) is 0. The van der Waals surface area contributed by atoms with E-state index in [-0.39, 0.29) is 5.91 Å². The Balaban J connectivity index is 1.67. The molecule has 7 heteroatoms. The molecule has 150 valence electrons. The van der Waals surface area contributed by atoms with Gasteiger partial charge in [0.15, 0.2) is 0 Å². The first-order valence-corrected chi connectivity index (χ1v) is 10.1. The third-order valence-electron chi connectivity index (χ3n) is 5.59. The van der Waals surface area contributed by atoms with E-state index in [9.17, 15) is 4.79 Å². The SMILES string of the molecule is CC1CCCN(CCC(=O)N2CCc3c(nc(N(C)C)nc3N(C)C)C2)C1. The van der Waals surface area contributed by atoms with Gasteiger partial charge >= 0.3 is 0 Å². The Morgan fingerprint density at radius 3 is 2.59 bits per heavy atom. The highest BCUT2D eigenvalue weighted by molar-refractivity contribution is 5.77. The van der Waals surface area contributed by atoms with Crippen molar-refractivity contribution in [2.24, 2.45) is 5.92 Å². The third-order valence-corrected chi connectivity index (χ3v) is 5.59. The first kappa shape index (κ1) is 19.9. The summed E-state index contributed by atoms with van der Waals surface area (Å²) >= 11 is 0. The Bertz CT molecular complexity index is 675. The van der Waals surface area contributed by atoms with Gasteiger partial charge in [-0.2, -0.15) is 4.98 Å². The second kappa shape index (κ2) is 8.42. The molecule has 1 amide bonds. The number of piperidine rings is 1. The summed E-state index contributed by atoms with van der Waals surface area (Å²) in [4.78, 5) is 30.6. The molecule has 0 aliphatic carbocycles. The van der Waals surface area contributed by atoms with Gasteiger partial charge in [-0.05, 0) is 31.7 Å². The number of hydrogen-bond acceptors (Lipinski definition) is 6. The van der Waals surface area contributed by atoms with Crippen molar-refractivity contribution in [1.29, 1.82) is 0 Å². The Kier molecular flexibility index (Phi) is 6.19. The summed E-state index contributed by atoms with van der Waals surface area (Å²) in [6.45, 7) is 6.79. The van der Waals surface area contributed by atoms with Crippen LogP contribution < -0.4 is 9.80 Å². The van der Waals surface area contributed by atoms with Gasteiger partial charge in [-0.15, -0.1) is 0 Å². The van der Waals surface area contributed by atoms with E-state index < -0.39 is 0 Å². The van der Waals surface area contributed by atoms with Gasteiger partial charge in [-0.1, -0.05) is 6.92 Å². The average molecular weight is 375 g/mol. The summed E-state index contributed by atoms with van der Waals surface area (Å²) in [7, 11) is 7.93. The molecule has 3 rings (SSSR count). The molecule has 0 bridgehead atoms. The van der Waals surface area contributed by atoms with Crippen molar-refractivity contribution in [1.82, 2.24) is 19.8 Å². The molecule has 1 saturated heterocycles. The van der Waals surface area contributed by atoms with E-state index in [0.29, 0.717) is 18.9 Å². The van der Waals surface area contributed by atoms with Crippen LogP contribution in [0, 0.1) is 5.92 Å². The van der Waals surface area contributed by atoms with Gasteiger partial charge in [0, 0.05) is 59.8 Å². The Morgan fingerprint density at radius 2 is 1.93 bits per heavy atom. The van der Waals surface area contributed by atoms with Gasteiger partial charge in [0.05, 0.1) is 12.2 Å². The molecule has 2 aliphatic rings. The summed E-state index contributed by atoms with van der Waals surface area (Å²) in [5.41, 5.74) is 2.17. The number of rotatable bonds is 5. The van der Waals surface area contributed by atoms with E-state index in [1.807, 2.05) is 42.9 Å². The molecule has 0 saturated carbocycles. The first-order valence-electron chi connectivity index (χ1n) is 10.1. The number of hydrogen-bond donors (Lipinski definition) is 0. The highest BCUT2D eigenvalue weighted by Crippen LogP contribution is 2.27. The van der Waals surface area contributed by atoms with Crippen molar-refractivity contribution in [3.63, 3.8) is 0 Å². The Hall–Kier alpha value is -1.89. The molecule has 0 spiro atoms. The van der Waals surface area contributed by atoms with Crippen molar-refractivity contribution >= 4 is 17.7 Å². The number of carbonyl (C=O) groups excluding carboxylic acids is 1. The van der Waals surface area contributed by atoms with Crippen molar-refractivity contribution < 1.29 is 4.79 Å². The maximum Gasteiger partial charge on any atom is 0.227 e. The van der Waals surface area contributed by atoms with Crippen LogP contribution in [0.5, 0.6) is 0 Å². The van der Waals surface area contributed by atoms with Crippen molar-refractivity contribution in [3.8, 4) is 0 Å². The molecule has 1 atom stereocenters. The molecule has 0 radical (unpaired) electrons. The van der Waals surface area contributed by atoms with Crippen LogP contribution in [0.4, 0.5) is 11.8 Å². The van der Waals surface area contributed by atoms with Crippen LogP contribution in [0.1, 0.15) is 37.4 Å². The average Bonchev–Trinajstić information content (AvgIpc) is 2.64. The zero-order valence-electron chi connectivity index (χ0n) is 17.5. The highest BCUT2D eigenvalue weighted by atomic mass is 16.2. The molecule has 2 aliphatic heterocycles. The summed E-state index contributed by atoms with van der Waals surface area (Å²) < 4.78 is 0. The normalized spacial score (nSPS) is 20.3. The molecule has 1 fully saturated rings. The van der Waals surface area contributed by atoms with Crippen molar-refractivity contribution in [3.05, 3.63) is 11.3 Å². The second-order valence-electron chi connectivity index (χ2n) is 8.42. The fourth-order valence-electron chi connectivity index (χ4n) is 4.08. The lowest BCUT2D eigenvalue weighted by Crippen LogP contribution is -2.41. The number of anilines is 2. The molecule has 1 aromatic heterocycles. The zero-order chi connectivity index (χ0) is 19.6. The molecule has 0 aromatic carbocycles. The van der Waals surface area contributed by atoms with Gasteiger partial charge in [0.25, 0.3) is 0 Å². The lowest BCUT2D eigenvalue weighted by Gasteiger charge is -2.33. The van der Waals surface area contributed by atoms with Crippen LogP contribution in [-0.2, 0) is 17.8 Å². The minimum atomic E-state index is 0.246. The smallest absolute Gasteiger partial charge is 0.227 e. The van der Waals surface area contributed by atoms with Crippen LogP contribution in [0.2, 0.25) is 0 Å². The molecule has 0 N–H and O–H groups in total. The summed E-state index contributed by atoms with van der Waals surface area (Å²) in [6, 6.07) is 0. The maximum atomic E-state index is 12.8. The van der Waals surface area contributed by atoms with Crippen LogP contribution in [0.15, 0.2) is 0 Å². The van der Waals surface area contributed by atoms with Crippen LogP contribution in [0.25, 0.3) is 0 Å². The lowest BCUT2D eigenvalue weighted by molar-refractivity contribution is -0.132. The topological polar surface area (TPSA) is 55.8 Å². The van der Waals surface area contributed by atoms with Gasteiger partial charge in [0.1, 0.15) is 5.82 Å². The number of carbonyl (C=O) groups is 1. The van der Waals surface area contributed by atoms with Crippen LogP contribution >= 0.6 is 0 Å². The number of aromatic nitrogens is 2. The second-order valence-corrected chi connectivity index (χ2v) is 8.42. The van der Waals surface area contributed by atoms with E-state index in [1.54, 1.807) is 0 Å². The lowest BCUT2D eigenvalue weighted by atomic mass is 10.00. The summed E-state index contributed by atoms with van der Waals surface area (Å²) in [6.07, 6.45) is 4.00. The van der Waals surface area contributed by atoms with Gasteiger partial charge < -0.3 is 19.6 Å². The van der Waals surface area contributed by atoms with E-state index in [0.717, 1.165) is 50.0 Å². The molecule has 1 aromatic rings. The molecular weight excluding hydrogens is 340 g/mol. The molecule has 27 heavy (non-hydrogen) atoms. The fraction of sp³-hybridized carbons (Fsp3) is 0.750. The Morgan fingerprint density at radius 1 is 1.15 bits per heavy atom. The number of fused-ring (bicyclic) bond motifs is 1. The van der Waals surface area contributed by atoms with E-state index in [4.69, 9.17) is 9.97 Å². The number of nitrogens with zero attached hydrogens (tertiary/aromatic N) is 6. The van der Waals surface area contributed by atoms with E-state index >= 15 is 0 Å². The van der Waals surface area contributed by atoms with E-state index in [2.05, 4.69) is 11.8 Å². The molecule has 7 nitrogen and oxygen atoms in total. The molecular formula is C20H34N6O. The highest BCUT2D eigenvalue weighted by Gasteiger charge is 2.27. The van der Waals surface area contributed by atoms with Gasteiger partial charge in [-0.25, -0.2) is 4.98 Å². The van der Waals surface area contributed by atoms with Gasteiger partial charge in [0.2, 0.25) is 11.9 Å². The quantitative estimate of drug-likeness (QED) is 0.781. The monoisotopic (exact) mass is 374 g/mol. The number of likely N-dealkylation sites (tertiary alicyclic amines) is 1. The largest absolute Gasteiger partial charge is 0.362 e. The van der Waals surface area contributed by atoms with Crippen LogP contribution in [-0.4, -0.2) is 80.0 Å². The van der Waals surface area contributed by atoms with Gasteiger partial charge in [-0.3, -0.25) is 4.79 Å². The minimum Gasteiger partial charge on any atom is -0.362 e. The third kappa shape index (κ3) is 4.69. The van der Waals surface area contributed by atoms with Crippen LogP contribution in [0.3, 0.4) is 0 Å². The Labute approximate surface area is 163 Å². The minimum absolute atomic E-state index is 0.246.